The van der Waals surface area contributed by atoms with Gasteiger partial charge < -0.3 is 59.8 Å². The first kappa shape index (κ1) is 40.4. The minimum Gasteiger partial charge on any atom is -0.479 e. The van der Waals surface area contributed by atoms with Gasteiger partial charge in [-0.05, 0) is 13.8 Å². The number of imidazole rings is 2. The van der Waals surface area contributed by atoms with E-state index in [2.05, 4.69) is 29.9 Å². The number of nitrogen functional groups attached to an aromatic ring is 1. The number of fused-ring (bicyclic) bond motifs is 4. The summed E-state index contributed by atoms with van der Waals surface area (Å²) < 4.78 is 60.9. The number of aromatic nitrogens is 6. The van der Waals surface area contributed by atoms with Crippen molar-refractivity contribution in [3.05, 3.63) is 24.7 Å². The molecule has 7 heterocycles. The zero-order valence-corrected chi connectivity index (χ0v) is 31.5. The highest BCUT2D eigenvalue weighted by atomic mass is 31.2. The second-order valence-corrected chi connectivity index (χ2v) is 16.9. The Morgan fingerprint density at radius 2 is 1.59 bits per heavy atom. The summed E-state index contributed by atoms with van der Waals surface area (Å²) >= 11 is 0. The molecule has 4 aliphatic rings. The molecule has 0 bridgehead atoms. The van der Waals surface area contributed by atoms with Gasteiger partial charge in [0.25, 0.3) is 0 Å². The minimum atomic E-state index is -5.19. The van der Waals surface area contributed by atoms with Crippen LogP contribution in [0, 0.1) is 0 Å². The van der Waals surface area contributed by atoms with Gasteiger partial charge in [0.2, 0.25) is 0 Å². The number of aliphatic imine (C=N–C) groups is 2. The van der Waals surface area contributed by atoms with E-state index in [1.807, 2.05) is 0 Å². The fraction of sp³-hybridized carbons (Fsp3) is 0.607. The van der Waals surface area contributed by atoms with Crippen molar-refractivity contribution >= 4 is 56.4 Å². The van der Waals surface area contributed by atoms with E-state index in [9.17, 15) is 49.2 Å². The highest BCUT2D eigenvalue weighted by Crippen LogP contribution is 2.51. The van der Waals surface area contributed by atoms with Gasteiger partial charge in [0.05, 0.1) is 25.9 Å². The van der Waals surface area contributed by atoms with Crippen molar-refractivity contribution in [3.8, 4) is 0 Å². The summed E-state index contributed by atoms with van der Waals surface area (Å²) in [6, 6.07) is 0. The molecule has 2 saturated heterocycles. The molecule has 0 radical (unpaired) electrons. The molecule has 7 unspecified atom stereocenters. The van der Waals surface area contributed by atoms with Crippen LogP contribution in [-0.2, 0) is 41.7 Å². The number of ether oxygens (including phenoxy) is 3. The number of carbonyl (C=O) groups is 1. The second kappa shape index (κ2) is 14.2. The van der Waals surface area contributed by atoms with Crippen LogP contribution in [0.1, 0.15) is 32.0 Å². The number of aliphatic carboxylic acids is 1. The van der Waals surface area contributed by atoms with Crippen molar-refractivity contribution in [2.24, 2.45) is 9.98 Å². The lowest BCUT2D eigenvalue weighted by molar-refractivity contribution is -0.173. The number of phosphoric acid groups is 1. The average molecular weight is 833 g/mol. The van der Waals surface area contributed by atoms with Crippen LogP contribution in [-0.4, -0.2) is 168 Å². The third-order valence-electron chi connectivity index (χ3n) is 9.77. The summed E-state index contributed by atoms with van der Waals surface area (Å²) in [4.78, 5) is 58.7. The summed E-state index contributed by atoms with van der Waals surface area (Å²) in [5.74, 6) is -1.76. The molecule has 0 aliphatic carbocycles. The Bertz CT molecular complexity index is 2180. The molecule has 9 N–H and O–H groups in total. The van der Waals surface area contributed by atoms with Crippen LogP contribution in [0.25, 0.3) is 11.2 Å². The van der Waals surface area contributed by atoms with E-state index in [1.54, 1.807) is 0 Å². The Labute approximate surface area is 314 Å². The number of aliphatic hydroxyl groups excluding tert-OH is 3. The summed E-state index contributed by atoms with van der Waals surface area (Å²) in [5, 5.41) is 54.3. The molecule has 2 fully saturated rings. The molecule has 0 saturated carbocycles. The number of phosphoric ester groups is 1. The van der Waals surface area contributed by atoms with Crippen LogP contribution in [0.2, 0.25) is 0 Å². The van der Waals surface area contributed by atoms with Crippen molar-refractivity contribution < 1.29 is 77.0 Å². The van der Waals surface area contributed by atoms with E-state index in [4.69, 9.17) is 33.5 Å². The van der Waals surface area contributed by atoms with Gasteiger partial charge in [-0.15, -0.1) is 0 Å². The molecule has 4 aliphatic heterocycles. The Morgan fingerprint density at radius 3 is 2.25 bits per heavy atom. The number of carboxylic acid groups (broad SMARTS) is 1. The molecule has 306 valence electrons. The van der Waals surface area contributed by atoms with Crippen molar-refractivity contribution in [1.82, 2.24) is 34.0 Å². The van der Waals surface area contributed by atoms with Crippen LogP contribution >= 0.6 is 15.4 Å². The summed E-state index contributed by atoms with van der Waals surface area (Å²) in [6.07, 6.45) is -8.76. The van der Waals surface area contributed by atoms with Gasteiger partial charge in [-0.3, -0.25) is 27.6 Å². The predicted molar refractivity (Wildman–Crippen MR) is 184 cm³/mol. The van der Waals surface area contributed by atoms with E-state index >= 15 is 0 Å². The molecule has 3 aromatic heterocycles. The van der Waals surface area contributed by atoms with Crippen LogP contribution in [0.3, 0.4) is 0 Å². The fourth-order valence-corrected chi connectivity index (χ4v) is 8.25. The summed E-state index contributed by atoms with van der Waals surface area (Å²) in [6.45, 7) is 1.70. The predicted octanol–water partition coefficient (Wildman–Crippen LogP) is -2.18. The van der Waals surface area contributed by atoms with Crippen LogP contribution in [0.4, 0.5) is 11.6 Å². The van der Waals surface area contributed by atoms with Crippen molar-refractivity contribution in [1.29, 1.82) is 0 Å². The third-order valence-corrected chi connectivity index (χ3v) is 11.4. The quantitative estimate of drug-likeness (QED) is 0.0899. The van der Waals surface area contributed by atoms with E-state index < -0.39 is 101 Å². The van der Waals surface area contributed by atoms with E-state index in [0.29, 0.717) is 0 Å². The maximum atomic E-state index is 13.4. The maximum absolute atomic E-state index is 13.4. The minimum absolute atomic E-state index is 0.0803. The topological polar surface area (TPSA) is 364 Å². The molecule has 13 atom stereocenters. The lowest BCUT2D eigenvalue weighted by Gasteiger charge is -2.48. The molecule has 0 aromatic carbocycles. The van der Waals surface area contributed by atoms with Crippen molar-refractivity contribution in [2.75, 3.05) is 32.7 Å². The number of nitrogens with two attached hydrogens (primary N) is 1. The maximum Gasteiger partial charge on any atom is 0.472 e. The standard InChI is InChI=1S/C28H38N10O16P2/c1-27(26(42)43)25(41)28(2,44)38-10-34-21-14(22(38)35-27)33-9-37(21)24-16(40)18(12(53-24)5-50-55(4,45)46)54-56(47,48)51-6-11-17(49-3)15(39)23(52-11)36-8-32-13-19(29)30-7-31-20(13)36/h7-12,15-18,23-25,39-41,44H,5-6H2,1-4H3,(H,42,43)(H,45,46)(H,47,48)(H2,29,30,31)/t11-,12-,15+,16+,17?,18?,23-,24-,25?,27?,28?/m1/s1. The van der Waals surface area contributed by atoms with Crippen molar-refractivity contribution in [2.45, 2.75) is 80.3 Å². The summed E-state index contributed by atoms with van der Waals surface area (Å²) in [7, 11) is -8.09. The molecular weight excluding hydrogens is 794 g/mol. The number of amidine groups is 1. The highest BCUT2D eigenvalue weighted by molar-refractivity contribution is 7.51. The molecule has 3 aromatic rings. The average Bonchev–Trinajstić information content (AvgIpc) is 3.89. The Balaban J connectivity index is 1.11. The normalized spacial score (nSPS) is 36.2. The number of hydrogen-bond acceptors (Lipinski definition) is 21. The highest BCUT2D eigenvalue weighted by Gasteiger charge is 2.59. The first-order valence-corrected chi connectivity index (χ1v) is 20.1. The van der Waals surface area contributed by atoms with Crippen molar-refractivity contribution in [3.63, 3.8) is 0 Å². The Morgan fingerprint density at radius 1 is 0.964 bits per heavy atom. The fourth-order valence-electron chi connectivity index (χ4n) is 6.86. The second-order valence-electron chi connectivity index (χ2n) is 13.7. The smallest absolute Gasteiger partial charge is 0.472 e. The number of rotatable bonds is 12. The molecule has 0 spiro atoms. The first-order valence-electron chi connectivity index (χ1n) is 16.6. The lowest BCUT2D eigenvalue weighted by Crippen LogP contribution is -2.69. The number of nitrogens with zero attached hydrogens (tertiary/aromatic N) is 9. The number of anilines is 1. The zero-order chi connectivity index (χ0) is 40.7. The van der Waals surface area contributed by atoms with Crippen LogP contribution < -0.4 is 5.73 Å². The van der Waals surface area contributed by atoms with Crippen LogP contribution in [0.15, 0.2) is 29.0 Å². The number of methoxy groups -OCH3 is 1. The molecule has 7 rings (SSSR count). The number of aliphatic hydroxyl groups is 4. The molecule has 56 heavy (non-hydrogen) atoms. The Hall–Kier alpha value is -3.85. The van der Waals surface area contributed by atoms with Gasteiger partial charge in [0, 0.05) is 13.8 Å². The Kier molecular flexibility index (Phi) is 10.2. The molecular formula is C28H38N10O16P2. The van der Waals surface area contributed by atoms with Gasteiger partial charge in [-0.1, -0.05) is 0 Å². The third kappa shape index (κ3) is 6.83. The van der Waals surface area contributed by atoms with Crippen LogP contribution in [0.5, 0.6) is 0 Å². The SMILES string of the molecule is COC1[C@@H](COP(=O)(O)OC2[C@@H](COP(C)(=O)O)O[C@@H](n3cnc4c3N=CN3C4=NC(C)(C(=O)O)C(O)C3(C)O)[C@H]2O)O[C@@H](n2cnc3c(N)ncnc32)[C@H]1O. The number of hydrogen-bond donors (Lipinski definition) is 8. The lowest BCUT2D eigenvalue weighted by atomic mass is 9.85. The van der Waals surface area contributed by atoms with E-state index in [-0.39, 0.29) is 34.3 Å². The van der Waals surface area contributed by atoms with Gasteiger partial charge in [-0.2, -0.15) is 0 Å². The van der Waals surface area contributed by atoms with Gasteiger partial charge >= 0.3 is 21.4 Å². The van der Waals surface area contributed by atoms with E-state index in [1.165, 1.54) is 24.3 Å². The summed E-state index contributed by atoms with van der Waals surface area (Å²) in [5.41, 5.74) is 1.78. The largest absolute Gasteiger partial charge is 0.479 e. The van der Waals surface area contributed by atoms with E-state index in [0.717, 1.165) is 42.6 Å². The van der Waals surface area contributed by atoms with Gasteiger partial charge in [-0.25, -0.2) is 39.3 Å². The monoisotopic (exact) mass is 832 g/mol. The van der Waals surface area contributed by atoms with Gasteiger partial charge in [0.15, 0.2) is 52.5 Å². The first-order chi connectivity index (χ1) is 26.2. The zero-order valence-electron chi connectivity index (χ0n) is 29.7. The number of carboxylic acids is 1. The molecule has 28 heteroatoms. The molecule has 26 nitrogen and oxygen atoms in total. The van der Waals surface area contributed by atoms with Gasteiger partial charge in [0.1, 0.15) is 60.9 Å². The molecule has 0 amide bonds.